The van der Waals surface area contributed by atoms with Crippen molar-refractivity contribution in [1.29, 1.82) is 0 Å². The van der Waals surface area contributed by atoms with Gasteiger partial charge in [0.15, 0.2) is 0 Å². The predicted molar refractivity (Wildman–Crippen MR) is 82.3 cm³/mol. The maximum absolute atomic E-state index is 11.4. The Morgan fingerprint density at radius 2 is 1.55 bits per heavy atom. The van der Waals surface area contributed by atoms with Crippen molar-refractivity contribution in [3.05, 3.63) is 83.4 Å². The van der Waals surface area contributed by atoms with Crippen LogP contribution in [0.25, 0.3) is 12.2 Å². The van der Waals surface area contributed by atoms with Crippen LogP contribution in [-0.2, 0) is 4.74 Å². The van der Waals surface area contributed by atoms with E-state index < -0.39 is 0 Å². The standard InChI is InChI=1S/C18H16O2/c1-20-18(19)17-13-7-12-16(14-17)11-6-5-10-15-8-3-2-4-9-15/h2-14H,1H3/b10-5-,11-6+. The van der Waals surface area contributed by atoms with Crippen LogP contribution in [0.15, 0.2) is 66.7 Å². The van der Waals surface area contributed by atoms with Crippen LogP contribution in [0.4, 0.5) is 0 Å². The molecule has 2 heteroatoms. The molecule has 0 N–H and O–H groups in total. The first-order valence-corrected chi connectivity index (χ1v) is 6.38. The van der Waals surface area contributed by atoms with E-state index in [-0.39, 0.29) is 5.97 Å². The highest BCUT2D eigenvalue weighted by atomic mass is 16.5. The van der Waals surface area contributed by atoms with Crippen LogP contribution < -0.4 is 0 Å². The number of hydrogen-bond acceptors (Lipinski definition) is 2. The summed E-state index contributed by atoms with van der Waals surface area (Å²) in [7, 11) is 1.38. The minimum absolute atomic E-state index is 0.319. The van der Waals surface area contributed by atoms with Crippen molar-refractivity contribution in [2.24, 2.45) is 0 Å². The summed E-state index contributed by atoms with van der Waals surface area (Å²) >= 11 is 0. The average Bonchev–Trinajstić information content (AvgIpc) is 2.52. The monoisotopic (exact) mass is 264 g/mol. The summed E-state index contributed by atoms with van der Waals surface area (Å²) in [5.74, 6) is -0.319. The van der Waals surface area contributed by atoms with Crippen molar-refractivity contribution in [2.75, 3.05) is 7.11 Å². The second-order valence-electron chi connectivity index (χ2n) is 4.25. The van der Waals surface area contributed by atoms with E-state index in [1.807, 2.05) is 66.8 Å². The Bertz CT molecular complexity index is 625. The Morgan fingerprint density at radius 3 is 2.25 bits per heavy atom. The molecule has 0 aliphatic heterocycles. The molecule has 0 fully saturated rings. The molecular formula is C18H16O2. The second-order valence-corrected chi connectivity index (χ2v) is 4.25. The van der Waals surface area contributed by atoms with E-state index in [0.29, 0.717) is 5.56 Å². The fourth-order valence-corrected chi connectivity index (χ4v) is 1.78. The molecule has 0 bridgehead atoms. The van der Waals surface area contributed by atoms with Gasteiger partial charge in [-0.3, -0.25) is 0 Å². The number of rotatable bonds is 4. The maximum Gasteiger partial charge on any atom is 0.337 e. The van der Waals surface area contributed by atoms with Gasteiger partial charge in [-0.25, -0.2) is 4.79 Å². The van der Waals surface area contributed by atoms with E-state index in [1.165, 1.54) is 7.11 Å². The lowest BCUT2D eigenvalue weighted by molar-refractivity contribution is 0.0600. The number of allylic oxidation sites excluding steroid dienone is 2. The molecule has 2 nitrogen and oxygen atoms in total. The second kappa shape index (κ2) is 7.10. The van der Waals surface area contributed by atoms with Gasteiger partial charge in [-0.1, -0.05) is 66.8 Å². The zero-order chi connectivity index (χ0) is 14.2. The maximum atomic E-state index is 11.4. The summed E-state index contributed by atoms with van der Waals surface area (Å²) < 4.78 is 4.70. The number of ether oxygens (including phenoxy) is 1. The van der Waals surface area contributed by atoms with Crippen molar-refractivity contribution in [1.82, 2.24) is 0 Å². The summed E-state index contributed by atoms with van der Waals surface area (Å²) in [4.78, 5) is 11.4. The summed E-state index contributed by atoms with van der Waals surface area (Å²) in [5, 5.41) is 0. The zero-order valence-electron chi connectivity index (χ0n) is 11.3. The summed E-state index contributed by atoms with van der Waals surface area (Å²) in [6.45, 7) is 0. The molecule has 0 radical (unpaired) electrons. The van der Waals surface area contributed by atoms with Gasteiger partial charge in [-0.2, -0.15) is 0 Å². The lowest BCUT2D eigenvalue weighted by Crippen LogP contribution is -2.00. The number of carbonyl (C=O) groups is 1. The van der Waals surface area contributed by atoms with Gasteiger partial charge in [0.05, 0.1) is 12.7 Å². The molecule has 0 aliphatic rings. The molecule has 0 heterocycles. The molecule has 2 aromatic carbocycles. The van der Waals surface area contributed by atoms with Crippen molar-refractivity contribution in [2.45, 2.75) is 0 Å². The van der Waals surface area contributed by atoms with Crippen LogP contribution in [0.3, 0.4) is 0 Å². The largest absolute Gasteiger partial charge is 0.465 e. The molecule has 2 rings (SSSR count). The first-order valence-electron chi connectivity index (χ1n) is 6.38. The van der Waals surface area contributed by atoms with Crippen LogP contribution in [-0.4, -0.2) is 13.1 Å². The highest BCUT2D eigenvalue weighted by molar-refractivity contribution is 5.90. The normalized spacial score (nSPS) is 11.1. The first-order chi connectivity index (χ1) is 9.79. The van der Waals surface area contributed by atoms with E-state index in [4.69, 9.17) is 4.74 Å². The minimum Gasteiger partial charge on any atom is -0.465 e. The highest BCUT2D eigenvalue weighted by Crippen LogP contribution is 2.09. The van der Waals surface area contributed by atoms with Gasteiger partial charge in [0.1, 0.15) is 0 Å². The SMILES string of the molecule is COC(=O)c1cccc(/C=C/C=C\c2ccccc2)c1. The molecule has 0 aliphatic carbocycles. The quantitative estimate of drug-likeness (QED) is 0.611. The lowest BCUT2D eigenvalue weighted by atomic mass is 10.1. The van der Waals surface area contributed by atoms with Crippen molar-refractivity contribution < 1.29 is 9.53 Å². The minimum atomic E-state index is -0.319. The molecule has 100 valence electrons. The topological polar surface area (TPSA) is 26.3 Å². The molecule has 0 saturated heterocycles. The Labute approximate surface area is 119 Å². The number of hydrogen-bond donors (Lipinski definition) is 0. The van der Waals surface area contributed by atoms with Gasteiger partial charge in [0.25, 0.3) is 0 Å². The first kappa shape index (κ1) is 13.8. The average molecular weight is 264 g/mol. The molecule has 2 aromatic rings. The van der Waals surface area contributed by atoms with Gasteiger partial charge in [0.2, 0.25) is 0 Å². The van der Waals surface area contributed by atoms with Crippen molar-refractivity contribution in [3.8, 4) is 0 Å². The predicted octanol–water partition coefficient (Wildman–Crippen LogP) is 4.20. The van der Waals surface area contributed by atoms with Crippen LogP contribution in [0, 0.1) is 0 Å². The Kier molecular flexibility index (Phi) is 4.90. The molecule has 0 spiro atoms. The van der Waals surface area contributed by atoms with Crippen LogP contribution in [0.2, 0.25) is 0 Å². The Hall–Kier alpha value is -2.61. The third-order valence-electron chi connectivity index (χ3n) is 2.80. The number of esters is 1. The van der Waals surface area contributed by atoms with E-state index in [0.717, 1.165) is 11.1 Å². The molecule has 0 saturated carbocycles. The van der Waals surface area contributed by atoms with Gasteiger partial charge in [-0.05, 0) is 23.3 Å². The molecule has 0 unspecified atom stereocenters. The van der Waals surface area contributed by atoms with Gasteiger partial charge >= 0.3 is 5.97 Å². The van der Waals surface area contributed by atoms with Crippen molar-refractivity contribution in [3.63, 3.8) is 0 Å². The van der Waals surface area contributed by atoms with E-state index in [9.17, 15) is 4.79 Å². The third-order valence-corrected chi connectivity index (χ3v) is 2.80. The molecule has 20 heavy (non-hydrogen) atoms. The summed E-state index contributed by atoms with van der Waals surface area (Å²) in [6, 6.07) is 17.4. The van der Waals surface area contributed by atoms with Gasteiger partial charge in [0, 0.05) is 0 Å². The van der Waals surface area contributed by atoms with E-state index >= 15 is 0 Å². The Balaban J connectivity index is 2.05. The van der Waals surface area contributed by atoms with Gasteiger partial charge in [-0.15, -0.1) is 0 Å². The fourth-order valence-electron chi connectivity index (χ4n) is 1.78. The fraction of sp³-hybridized carbons (Fsp3) is 0.0556. The molecule has 0 aromatic heterocycles. The zero-order valence-corrected chi connectivity index (χ0v) is 11.3. The number of methoxy groups -OCH3 is 1. The molecule has 0 amide bonds. The molecular weight excluding hydrogens is 248 g/mol. The lowest BCUT2D eigenvalue weighted by Gasteiger charge is -1.99. The van der Waals surface area contributed by atoms with E-state index in [1.54, 1.807) is 12.1 Å². The summed E-state index contributed by atoms with van der Waals surface area (Å²) in [6.07, 6.45) is 7.90. The smallest absolute Gasteiger partial charge is 0.337 e. The number of carbonyl (C=O) groups excluding carboxylic acids is 1. The van der Waals surface area contributed by atoms with Crippen LogP contribution in [0.5, 0.6) is 0 Å². The number of benzene rings is 2. The van der Waals surface area contributed by atoms with Crippen molar-refractivity contribution >= 4 is 18.1 Å². The van der Waals surface area contributed by atoms with Crippen LogP contribution >= 0.6 is 0 Å². The van der Waals surface area contributed by atoms with Gasteiger partial charge < -0.3 is 4.74 Å². The van der Waals surface area contributed by atoms with Crippen LogP contribution in [0.1, 0.15) is 21.5 Å². The Morgan fingerprint density at radius 1 is 0.900 bits per heavy atom. The molecule has 0 atom stereocenters. The highest BCUT2D eigenvalue weighted by Gasteiger charge is 2.03. The van der Waals surface area contributed by atoms with E-state index in [2.05, 4.69) is 0 Å². The third kappa shape index (κ3) is 3.95. The summed E-state index contributed by atoms with van der Waals surface area (Å²) in [5.41, 5.74) is 2.67.